The topological polar surface area (TPSA) is 17.1 Å². The third-order valence-electron chi connectivity index (χ3n) is 2.57. The maximum Gasteiger partial charge on any atom is 0.416 e. The summed E-state index contributed by atoms with van der Waals surface area (Å²) in [6.07, 6.45) is -10.8. The molecule has 0 spiro atoms. The van der Waals surface area contributed by atoms with Gasteiger partial charge in [0.05, 0.1) is 5.56 Å². The van der Waals surface area contributed by atoms with E-state index in [2.05, 4.69) is 0 Å². The summed E-state index contributed by atoms with van der Waals surface area (Å²) in [6.45, 7) is 0. The quantitative estimate of drug-likeness (QED) is 0.729. The minimum atomic E-state index is -4.50. The number of hydrogen-bond donors (Lipinski definition) is 0. The van der Waals surface area contributed by atoms with Gasteiger partial charge in [0.25, 0.3) is 0 Å². The largest absolute Gasteiger partial charge is 0.416 e. The van der Waals surface area contributed by atoms with E-state index in [1.807, 2.05) is 0 Å². The van der Waals surface area contributed by atoms with Crippen LogP contribution in [0.3, 0.4) is 0 Å². The Labute approximate surface area is 111 Å². The number of ketones is 1. The Morgan fingerprint density at radius 3 is 2.25 bits per heavy atom. The molecule has 0 atom stereocenters. The number of carbonyl (C=O) groups is 1. The smallest absolute Gasteiger partial charge is 0.299 e. The predicted octanol–water partition coefficient (Wildman–Crippen LogP) is 4.55. The first-order chi connectivity index (χ1) is 9.08. The number of carbonyl (C=O) groups excluding carboxylic acids is 1. The molecule has 20 heavy (non-hydrogen) atoms. The van der Waals surface area contributed by atoms with Gasteiger partial charge >= 0.3 is 12.4 Å². The normalized spacial score (nSPS) is 12.5. The van der Waals surface area contributed by atoms with Crippen molar-refractivity contribution in [1.29, 1.82) is 0 Å². The average Bonchev–Trinajstić information content (AvgIpc) is 2.26. The number of Topliss-reactive ketones (excluding diaryl/α,β-unsaturated/α-hetero) is 1. The lowest BCUT2D eigenvalue weighted by Gasteiger charge is -2.09. The summed E-state index contributed by atoms with van der Waals surface area (Å²) < 4.78 is 72.9. The van der Waals surface area contributed by atoms with Gasteiger partial charge in [0.1, 0.15) is 5.78 Å². The second kappa shape index (κ2) is 6.28. The number of benzene rings is 1. The highest BCUT2D eigenvalue weighted by Gasteiger charge is 2.30. The van der Waals surface area contributed by atoms with E-state index in [0.717, 1.165) is 12.1 Å². The van der Waals surface area contributed by atoms with Crippen LogP contribution in [0.2, 0.25) is 0 Å². The highest BCUT2D eigenvalue weighted by atomic mass is 19.4. The van der Waals surface area contributed by atoms with E-state index in [-0.39, 0.29) is 24.8 Å². The Kier molecular flexibility index (Phi) is 5.19. The van der Waals surface area contributed by atoms with Crippen LogP contribution in [-0.2, 0) is 17.4 Å². The number of halogens is 6. The van der Waals surface area contributed by atoms with Crippen molar-refractivity contribution in [3.05, 3.63) is 35.4 Å². The monoisotopic (exact) mass is 298 g/mol. The van der Waals surface area contributed by atoms with Crippen LogP contribution in [-0.4, -0.2) is 12.0 Å². The zero-order chi connectivity index (χ0) is 15.4. The Morgan fingerprint density at radius 2 is 1.70 bits per heavy atom. The molecule has 0 aliphatic carbocycles. The van der Waals surface area contributed by atoms with Gasteiger partial charge in [-0.25, -0.2) is 0 Å². The standard InChI is InChI=1S/C13H12F6O/c14-12(15,16)6-2-5-11(20)8-9-3-1-4-10(7-9)13(17,18)19/h1,3-4,7H,2,5-6,8H2. The first-order valence-corrected chi connectivity index (χ1v) is 5.82. The van der Waals surface area contributed by atoms with Crippen molar-refractivity contribution in [1.82, 2.24) is 0 Å². The summed E-state index contributed by atoms with van der Waals surface area (Å²) in [7, 11) is 0. The second-order valence-electron chi connectivity index (χ2n) is 4.38. The van der Waals surface area contributed by atoms with Crippen molar-refractivity contribution in [3.63, 3.8) is 0 Å². The fraction of sp³-hybridized carbons (Fsp3) is 0.462. The van der Waals surface area contributed by atoms with Crippen LogP contribution in [0, 0.1) is 0 Å². The molecule has 1 rings (SSSR count). The van der Waals surface area contributed by atoms with Gasteiger partial charge in [0.2, 0.25) is 0 Å². The third kappa shape index (κ3) is 6.08. The zero-order valence-electron chi connectivity index (χ0n) is 10.3. The molecule has 0 fully saturated rings. The van der Waals surface area contributed by atoms with E-state index in [9.17, 15) is 31.1 Å². The summed E-state index contributed by atoms with van der Waals surface area (Å²) in [4.78, 5) is 11.4. The summed E-state index contributed by atoms with van der Waals surface area (Å²) in [5, 5.41) is 0. The molecule has 1 aromatic carbocycles. The SMILES string of the molecule is O=C(CCCC(F)(F)F)Cc1cccc(C(F)(F)F)c1. The van der Waals surface area contributed by atoms with Crippen molar-refractivity contribution < 1.29 is 31.1 Å². The number of hydrogen-bond acceptors (Lipinski definition) is 1. The van der Waals surface area contributed by atoms with Gasteiger partial charge in [-0.15, -0.1) is 0 Å². The molecule has 112 valence electrons. The van der Waals surface area contributed by atoms with Gasteiger partial charge in [-0.2, -0.15) is 26.3 Å². The lowest BCUT2D eigenvalue weighted by atomic mass is 10.0. The molecule has 0 saturated carbocycles. The molecule has 1 nitrogen and oxygen atoms in total. The van der Waals surface area contributed by atoms with Gasteiger partial charge in [0, 0.05) is 19.3 Å². The molecular formula is C13H12F6O. The Hall–Kier alpha value is -1.53. The first-order valence-electron chi connectivity index (χ1n) is 5.82. The Balaban J connectivity index is 2.54. The Morgan fingerprint density at radius 1 is 1.05 bits per heavy atom. The fourth-order valence-corrected chi connectivity index (χ4v) is 1.66. The summed E-state index contributed by atoms with van der Waals surface area (Å²) >= 11 is 0. The van der Waals surface area contributed by atoms with Crippen LogP contribution in [0.4, 0.5) is 26.3 Å². The van der Waals surface area contributed by atoms with Gasteiger partial charge in [-0.1, -0.05) is 18.2 Å². The van der Waals surface area contributed by atoms with E-state index in [4.69, 9.17) is 0 Å². The van der Waals surface area contributed by atoms with Gasteiger partial charge in [0.15, 0.2) is 0 Å². The van der Waals surface area contributed by atoms with Crippen molar-refractivity contribution in [2.24, 2.45) is 0 Å². The van der Waals surface area contributed by atoms with Crippen LogP contribution in [0.25, 0.3) is 0 Å². The molecule has 0 unspecified atom stereocenters. The fourth-order valence-electron chi connectivity index (χ4n) is 1.66. The molecule has 7 heteroatoms. The average molecular weight is 298 g/mol. The van der Waals surface area contributed by atoms with E-state index in [1.54, 1.807) is 0 Å². The van der Waals surface area contributed by atoms with E-state index in [0.29, 0.717) is 0 Å². The molecule has 0 aromatic heterocycles. The summed E-state index contributed by atoms with van der Waals surface area (Å²) in [5.74, 6) is -0.506. The van der Waals surface area contributed by atoms with Crippen LogP contribution in [0.1, 0.15) is 30.4 Å². The van der Waals surface area contributed by atoms with Gasteiger partial charge < -0.3 is 0 Å². The summed E-state index contributed by atoms with van der Waals surface area (Å²) in [5.41, 5.74) is -0.727. The molecule has 0 heterocycles. The minimum Gasteiger partial charge on any atom is -0.299 e. The molecule has 0 N–H and O–H groups in total. The van der Waals surface area contributed by atoms with Crippen LogP contribution in [0.5, 0.6) is 0 Å². The van der Waals surface area contributed by atoms with E-state index < -0.39 is 30.1 Å². The third-order valence-corrected chi connectivity index (χ3v) is 2.57. The first kappa shape index (κ1) is 16.5. The molecule has 0 amide bonds. The predicted molar refractivity (Wildman–Crippen MR) is 60.1 cm³/mol. The number of rotatable bonds is 5. The van der Waals surface area contributed by atoms with Crippen LogP contribution >= 0.6 is 0 Å². The molecule has 0 saturated heterocycles. The second-order valence-corrected chi connectivity index (χ2v) is 4.38. The van der Waals surface area contributed by atoms with Crippen LogP contribution in [0.15, 0.2) is 24.3 Å². The van der Waals surface area contributed by atoms with Crippen molar-refractivity contribution in [2.75, 3.05) is 0 Å². The van der Waals surface area contributed by atoms with Crippen molar-refractivity contribution in [2.45, 2.75) is 38.0 Å². The van der Waals surface area contributed by atoms with E-state index >= 15 is 0 Å². The zero-order valence-corrected chi connectivity index (χ0v) is 10.3. The molecule has 1 aromatic rings. The van der Waals surface area contributed by atoms with Gasteiger partial charge in [-0.3, -0.25) is 4.79 Å². The Bertz CT molecular complexity index is 461. The molecular weight excluding hydrogens is 286 g/mol. The van der Waals surface area contributed by atoms with Crippen LogP contribution < -0.4 is 0 Å². The van der Waals surface area contributed by atoms with Crippen molar-refractivity contribution >= 4 is 5.78 Å². The lowest BCUT2D eigenvalue weighted by molar-refractivity contribution is -0.138. The minimum absolute atomic E-state index is 0.150. The molecule has 0 aliphatic heterocycles. The maximum atomic E-state index is 12.4. The molecule has 0 bridgehead atoms. The summed E-state index contributed by atoms with van der Waals surface area (Å²) in [6, 6.07) is 4.22. The maximum absolute atomic E-state index is 12.4. The lowest BCUT2D eigenvalue weighted by Crippen LogP contribution is -2.10. The van der Waals surface area contributed by atoms with Crippen molar-refractivity contribution in [3.8, 4) is 0 Å². The van der Waals surface area contributed by atoms with E-state index in [1.165, 1.54) is 12.1 Å². The van der Waals surface area contributed by atoms with Gasteiger partial charge in [-0.05, 0) is 18.1 Å². The molecule has 0 aliphatic rings. The number of alkyl halides is 6. The highest BCUT2D eigenvalue weighted by Crippen LogP contribution is 2.29. The molecule has 0 radical (unpaired) electrons. The highest BCUT2D eigenvalue weighted by molar-refractivity contribution is 5.80.